The lowest BCUT2D eigenvalue weighted by Crippen LogP contribution is -2.58. The highest BCUT2D eigenvalue weighted by Crippen LogP contribution is 2.28. The molecular formula is C59H72N10O14. The van der Waals surface area contributed by atoms with Crippen molar-refractivity contribution in [3.05, 3.63) is 158 Å². The van der Waals surface area contributed by atoms with Crippen molar-refractivity contribution in [2.24, 2.45) is 11.8 Å². The zero-order valence-corrected chi connectivity index (χ0v) is 47.5. The molecule has 4 aromatic carbocycles. The van der Waals surface area contributed by atoms with Crippen LogP contribution in [0.1, 0.15) is 96.5 Å². The predicted molar refractivity (Wildman–Crippen MR) is 303 cm³/mol. The Bertz CT molecular complexity index is 3080. The molecule has 1 aromatic heterocycles. The first kappa shape index (κ1) is 63.0. The van der Waals surface area contributed by atoms with Gasteiger partial charge in [0.05, 0.1) is 34.5 Å². The summed E-state index contributed by atoms with van der Waals surface area (Å²) in [6, 6.07) is 22.4. The summed E-state index contributed by atoms with van der Waals surface area (Å²) in [6.07, 6.45) is 2.75. The Kier molecular flexibility index (Phi) is 22.4. The van der Waals surface area contributed by atoms with Gasteiger partial charge in [-0.05, 0) is 86.8 Å². The lowest BCUT2D eigenvalue weighted by molar-refractivity contribution is -0.394. The first-order chi connectivity index (χ1) is 39.5. The zero-order valence-electron chi connectivity index (χ0n) is 47.5. The van der Waals surface area contributed by atoms with E-state index < -0.39 is 118 Å². The average molecular weight is 1150 g/mol. The van der Waals surface area contributed by atoms with Gasteiger partial charge in [0.2, 0.25) is 29.5 Å². The van der Waals surface area contributed by atoms with Gasteiger partial charge in [0.15, 0.2) is 0 Å². The molecule has 24 nitrogen and oxygen atoms in total. The van der Waals surface area contributed by atoms with Crippen LogP contribution in [-0.2, 0) is 64.3 Å². The van der Waals surface area contributed by atoms with E-state index in [9.17, 15) is 53.8 Å². The van der Waals surface area contributed by atoms with Crippen molar-refractivity contribution in [1.82, 2.24) is 41.0 Å². The maximum atomic E-state index is 14.7. The van der Waals surface area contributed by atoms with Crippen molar-refractivity contribution in [2.45, 2.75) is 136 Å². The molecule has 0 aliphatic carbocycles. The largest absolute Gasteiger partial charge is 0.489 e. The molecule has 6 amide bonds. The molecule has 6 atom stereocenters. The number of carbonyl (C=O) groups excluding carboxylic acids is 7. The van der Waals surface area contributed by atoms with Gasteiger partial charge in [0.1, 0.15) is 60.5 Å². The van der Waals surface area contributed by atoms with Crippen LogP contribution in [0, 0.1) is 32.1 Å². The third-order valence-electron chi connectivity index (χ3n) is 13.5. The molecule has 0 radical (unpaired) electrons. The van der Waals surface area contributed by atoms with Gasteiger partial charge in [-0.3, -0.25) is 53.7 Å². The summed E-state index contributed by atoms with van der Waals surface area (Å²) in [4.78, 5) is 125. The second-order valence-electron chi connectivity index (χ2n) is 21.7. The number of nitrogens with zero attached hydrogens (tertiary/aromatic N) is 5. The zero-order chi connectivity index (χ0) is 60.4. The second-order valence-corrected chi connectivity index (χ2v) is 21.7. The number of nitrogens with one attached hydrogen (secondary N) is 5. The summed E-state index contributed by atoms with van der Waals surface area (Å²) in [5.41, 5.74) is 0.348. The minimum Gasteiger partial charge on any atom is -0.489 e. The van der Waals surface area contributed by atoms with E-state index in [4.69, 9.17) is 14.2 Å². The van der Waals surface area contributed by atoms with Gasteiger partial charge in [-0.25, -0.2) is 14.6 Å². The van der Waals surface area contributed by atoms with E-state index in [1.54, 1.807) is 76.2 Å². The summed E-state index contributed by atoms with van der Waals surface area (Å²) in [5.74, 6) is -4.70. The van der Waals surface area contributed by atoms with Crippen LogP contribution in [0.15, 0.2) is 116 Å². The van der Waals surface area contributed by atoms with Gasteiger partial charge in [0, 0.05) is 31.6 Å². The molecule has 83 heavy (non-hydrogen) atoms. The van der Waals surface area contributed by atoms with Gasteiger partial charge in [-0.2, -0.15) is 0 Å². The number of esters is 1. The number of nitro benzene ring substituents is 2. The summed E-state index contributed by atoms with van der Waals surface area (Å²) in [7, 11) is 0. The van der Waals surface area contributed by atoms with Crippen LogP contribution in [-0.4, -0.2) is 115 Å². The minimum atomic E-state index is -1.54. The Morgan fingerprint density at radius 3 is 1.99 bits per heavy atom. The van der Waals surface area contributed by atoms with Crippen LogP contribution >= 0.6 is 0 Å². The van der Waals surface area contributed by atoms with Crippen LogP contribution in [0.5, 0.6) is 5.75 Å². The number of hydrogen-bond donors (Lipinski definition) is 5. The van der Waals surface area contributed by atoms with Gasteiger partial charge >= 0.3 is 12.1 Å². The Hall–Kier alpha value is -9.22. The van der Waals surface area contributed by atoms with Crippen molar-refractivity contribution in [2.75, 3.05) is 13.1 Å². The van der Waals surface area contributed by atoms with E-state index in [1.165, 1.54) is 22.0 Å². The smallest absolute Gasteiger partial charge is 0.410 e. The highest BCUT2D eigenvalue weighted by Gasteiger charge is 2.39. The standard InChI is InChI=1S/C59H72N10O14/c1-8-38(4)52(65-55(73)49-20-15-27-67(49)58(76)83-59(5,6)7)56(74)60-32-51(70)62-46(30-42-33-66(36-61-42)48-26-23-43(68(77)78)31-50(48)69(79)80)54(72)63-45(28-37(2)3)53(71)64-47(57(75)82-35-41-18-13-10-14-19-41)29-39-21-24-44(25-22-39)81-34-40-16-11-9-12-17-40/h9-14,16-19,21-26,31,33,36-38,45-47,49,52H,8,15,20,27-30,32,34-35H2,1-7H3,(H,60,74)(H,62,70)(H,63,72)(H,64,71)(H,65,73)/t38-,45-,46-,47-,49-,52-/m0/s1. The Morgan fingerprint density at radius 2 is 1.37 bits per heavy atom. The molecule has 0 saturated carbocycles. The summed E-state index contributed by atoms with van der Waals surface area (Å²) < 4.78 is 18.4. The molecule has 6 rings (SSSR count). The molecule has 442 valence electrons. The first-order valence-electron chi connectivity index (χ1n) is 27.4. The second kappa shape index (κ2) is 29.5. The maximum absolute atomic E-state index is 14.7. The highest BCUT2D eigenvalue weighted by atomic mass is 16.6. The number of benzene rings is 4. The quantitative estimate of drug-likeness (QED) is 0.0218. The van der Waals surface area contributed by atoms with Crippen LogP contribution in [0.4, 0.5) is 16.2 Å². The van der Waals surface area contributed by atoms with Gasteiger partial charge in [0.25, 0.3) is 11.4 Å². The number of carbonyl (C=O) groups is 7. The predicted octanol–water partition coefficient (Wildman–Crippen LogP) is 6.34. The van der Waals surface area contributed by atoms with Crippen LogP contribution in [0.3, 0.4) is 0 Å². The first-order valence-corrected chi connectivity index (χ1v) is 27.4. The normalized spacial score (nSPS) is 14.9. The number of non-ortho nitro benzene ring substituents is 1. The van der Waals surface area contributed by atoms with E-state index in [0.717, 1.165) is 23.8 Å². The fourth-order valence-electron chi connectivity index (χ4n) is 9.03. The molecule has 1 saturated heterocycles. The average Bonchev–Trinajstić information content (AvgIpc) is 4.30. The van der Waals surface area contributed by atoms with Crippen molar-refractivity contribution in [3.8, 4) is 11.4 Å². The lowest BCUT2D eigenvalue weighted by Gasteiger charge is -2.30. The molecular weight excluding hydrogens is 1070 g/mol. The van der Waals surface area contributed by atoms with E-state index >= 15 is 0 Å². The van der Waals surface area contributed by atoms with Crippen molar-refractivity contribution < 1.29 is 57.6 Å². The Morgan fingerprint density at radius 1 is 0.735 bits per heavy atom. The maximum Gasteiger partial charge on any atom is 0.410 e. The number of imidazole rings is 1. The van der Waals surface area contributed by atoms with Gasteiger partial charge in [-0.1, -0.05) is 107 Å². The molecule has 1 fully saturated rings. The SMILES string of the molecule is CC[C@H](C)[C@H](NC(=O)[C@@H]1CCCN1C(=O)OC(C)(C)C)C(=O)NCC(=O)N[C@@H](Cc1cn(-c2ccc([N+](=O)[O-])cc2[N+](=O)[O-])cn1)C(=O)N[C@@H](CC(C)C)C(=O)N[C@@H](Cc1ccc(OCc2ccccc2)cc1)C(=O)OCc1ccccc1. The molecule has 24 heteroatoms. The lowest BCUT2D eigenvalue weighted by atomic mass is 9.97. The molecule has 5 N–H and O–H groups in total. The van der Waals surface area contributed by atoms with E-state index in [0.29, 0.717) is 42.7 Å². The third kappa shape index (κ3) is 18.9. The van der Waals surface area contributed by atoms with Crippen LogP contribution in [0.25, 0.3) is 5.69 Å². The number of likely N-dealkylation sites (tertiary alicyclic amines) is 1. The fraction of sp³-hybridized carbons (Fsp3) is 0.424. The number of aromatic nitrogens is 2. The summed E-state index contributed by atoms with van der Waals surface area (Å²) in [5, 5.41) is 37.0. The third-order valence-corrected chi connectivity index (χ3v) is 13.5. The highest BCUT2D eigenvalue weighted by molar-refractivity contribution is 5.96. The molecule has 2 heterocycles. The van der Waals surface area contributed by atoms with Crippen molar-refractivity contribution >= 4 is 53.0 Å². The van der Waals surface area contributed by atoms with E-state index in [-0.39, 0.29) is 43.3 Å². The van der Waals surface area contributed by atoms with Crippen LogP contribution in [0.2, 0.25) is 0 Å². The summed E-state index contributed by atoms with van der Waals surface area (Å²) >= 11 is 0. The monoisotopic (exact) mass is 1140 g/mol. The van der Waals surface area contributed by atoms with E-state index in [2.05, 4.69) is 31.6 Å². The molecule has 5 aromatic rings. The van der Waals surface area contributed by atoms with Gasteiger partial charge in [-0.15, -0.1) is 0 Å². The summed E-state index contributed by atoms with van der Waals surface area (Å²) in [6.45, 7) is 12.1. The van der Waals surface area contributed by atoms with Crippen LogP contribution < -0.4 is 31.3 Å². The van der Waals surface area contributed by atoms with Gasteiger partial charge < -0.3 is 40.8 Å². The molecule has 0 unspecified atom stereocenters. The minimum absolute atomic E-state index is 0.0205. The Balaban J connectivity index is 1.22. The van der Waals surface area contributed by atoms with Crippen molar-refractivity contribution in [3.63, 3.8) is 0 Å². The molecule has 0 spiro atoms. The molecule has 0 bridgehead atoms. The topological polar surface area (TPSA) is 315 Å². The molecule has 1 aliphatic rings. The number of nitro groups is 2. The molecule has 1 aliphatic heterocycles. The van der Waals surface area contributed by atoms with Crippen molar-refractivity contribution in [1.29, 1.82) is 0 Å². The number of hydrogen-bond acceptors (Lipinski definition) is 15. The number of amides is 6. The van der Waals surface area contributed by atoms with E-state index in [1.807, 2.05) is 57.2 Å². The fourth-order valence-corrected chi connectivity index (χ4v) is 9.03. The number of ether oxygens (including phenoxy) is 3. The Labute approximate surface area is 480 Å². The number of rotatable bonds is 27.